The maximum Gasteiger partial charge on any atom is 0.320 e. The number of rotatable bonds is 4. The van der Waals surface area contributed by atoms with Crippen molar-refractivity contribution in [1.29, 1.82) is 0 Å². The van der Waals surface area contributed by atoms with Gasteiger partial charge in [0.2, 0.25) is 5.91 Å². The van der Waals surface area contributed by atoms with Crippen LogP contribution in [0.2, 0.25) is 0 Å². The van der Waals surface area contributed by atoms with Crippen LogP contribution in [0.15, 0.2) is 0 Å². The van der Waals surface area contributed by atoms with Crippen LogP contribution in [0.5, 0.6) is 0 Å². The number of aliphatic carboxylic acids is 1. The Kier molecular flexibility index (Phi) is 8.92. The Morgan fingerprint density at radius 1 is 1.42 bits per heavy atom. The standard InChI is InChI=1S/C5H10N2O3.CH5N/c6-3(5(9)10)1-2-4(7)8;1-2/h3H,1-2,6H2,(H2,7,8)(H,9,10);2H2,1H3. The third-order valence-electron chi connectivity index (χ3n) is 1.02. The molecule has 0 aliphatic heterocycles. The van der Waals surface area contributed by atoms with Crippen LogP contribution < -0.4 is 17.2 Å². The summed E-state index contributed by atoms with van der Waals surface area (Å²) in [5, 5.41) is 8.22. The predicted molar refractivity (Wildman–Crippen MR) is 44.2 cm³/mol. The molecule has 0 aromatic heterocycles. The number of amides is 1. The first kappa shape index (κ1) is 13.4. The number of primary amides is 1. The van der Waals surface area contributed by atoms with Gasteiger partial charge in [0.15, 0.2) is 0 Å². The largest absolute Gasteiger partial charge is 0.480 e. The molecule has 1 unspecified atom stereocenters. The highest BCUT2D eigenvalue weighted by Gasteiger charge is 2.11. The van der Waals surface area contributed by atoms with Crippen molar-refractivity contribution in [1.82, 2.24) is 0 Å². The average molecular weight is 177 g/mol. The topological polar surface area (TPSA) is 132 Å². The summed E-state index contributed by atoms with van der Waals surface area (Å²) in [4.78, 5) is 20.1. The fourth-order valence-electron chi connectivity index (χ4n) is 0.421. The number of carbonyl (C=O) groups is 2. The smallest absolute Gasteiger partial charge is 0.320 e. The molecule has 0 radical (unpaired) electrons. The van der Waals surface area contributed by atoms with E-state index in [1.54, 1.807) is 0 Å². The molecule has 0 heterocycles. The molecular weight excluding hydrogens is 162 g/mol. The number of carboxylic acid groups (broad SMARTS) is 1. The summed E-state index contributed by atoms with van der Waals surface area (Å²) in [6.45, 7) is 0. The zero-order chi connectivity index (χ0) is 10.1. The molecule has 0 aromatic rings. The summed E-state index contributed by atoms with van der Waals surface area (Å²) in [5.41, 5.74) is 14.3. The summed E-state index contributed by atoms with van der Waals surface area (Å²) < 4.78 is 0. The molecule has 0 saturated heterocycles. The van der Waals surface area contributed by atoms with E-state index in [-0.39, 0.29) is 12.8 Å². The first-order valence-electron chi connectivity index (χ1n) is 3.38. The van der Waals surface area contributed by atoms with Gasteiger partial charge in [-0.05, 0) is 13.5 Å². The molecule has 0 spiro atoms. The van der Waals surface area contributed by atoms with Crippen LogP contribution in [0.4, 0.5) is 0 Å². The van der Waals surface area contributed by atoms with E-state index >= 15 is 0 Å². The molecule has 1 amide bonds. The zero-order valence-electron chi connectivity index (χ0n) is 6.99. The third kappa shape index (κ3) is 8.86. The highest BCUT2D eigenvalue weighted by Crippen LogP contribution is 1.92. The normalized spacial score (nSPS) is 10.9. The van der Waals surface area contributed by atoms with Gasteiger partial charge in [-0.1, -0.05) is 0 Å². The van der Waals surface area contributed by atoms with Crippen molar-refractivity contribution < 1.29 is 14.7 Å². The highest BCUT2D eigenvalue weighted by molar-refractivity contribution is 5.76. The van der Waals surface area contributed by atoms with Crippen LogP contribution >= 0.6 is 0 Å². The molecule has 0 aromatic carbocycles. The first-order chi connectivity index (χ1) is 5.54. The lowest BCUT2D eigenvalue weighted by Crippen LogP contribution is -2.31. The SMILES string of the molecule is CN.NC(=O)CCC(N)C(=O)O. The van der Waals surface area contributed by atoms with Gasteiger partial charge in [0, 0.05) is 6.42 Å². The average Bonchev–Trinajstić information content (AvgIpc) is 2.03. The molecule has 7 N–H and O–H groups in total. The van der Waals surface area contributed by atoms with Crippen molar-refractivity contribution in [2.45, 2.75) is 18.9 Å². The number of hydrogen-bond acceptors (Lipinski definition) is 4. The van der Waals surface area contributed by atoms with Gasteiger partial charge in [0.1, 0.15) is 6.04 Å². The summed E-state index contributed by atoms with van der Waals surface area (Å²) in [5.74, 6) is -1.64. The second-order valence-corrected chi connectivity index (χ2v) is 1.95. The molecule has 6 nitrogen and oxygen atoms in total. The van der Waals surface area contributed by atoms with E-state index in [0.717, 1.165) is 0 Å². The van der Waals surface area contributed by atoms with Crippen molar-refractivity contribution in [2.75, 3.05) is 7.05 Å². The van der Waals surface area contributed by atoms with Gasteiger partial charge in [-0.15, -0.1) is 0 Å². The summed E-state index contributed by atoms with van der Waals surface area (Å²) >= 11 is 0. The molecule has 6 heteroatoms. The van der Waals surface area contributed by atoms with E-state index in [4.69, 9.17) is 16.6 Å². The molecular formula is C6H15N3O3. The molecule has 72 valence electrons. The molecule has 0 aliphatic carbocycles. The van der Waals surface area contributed by atoms with Crippen LogP contribution in [0.25, 0.3) is 0 Å². The molecule has 0 fully saturated rings. The third-order valence-corrected chi connectivity index (χ3v) is 1.02. The van der Waals surface area contributed by atoms with Gasteiger partial charge in [-0.2, -0.15) is 0 Å². The van der Waals surface area contributed by atoms with Crippen LogP contribution in [-0.4, -0.2) is 30.1 Å². The number of carboxylic acids is 1. The monoisotopic (exact) mass is 177 g/mol. The Balaban J connectivity index is 0. The zero-order valence-corrected chi connectivity index (χ0v) is 6.99. The van der Waals surface area contributed by atoms with E-state index in [2.05, 4.69) is 5.73 Å². The van der Waals surface area contributed by atoms with E-state index in [0.29, 0.717) is 0 Å². The van der Waals surface area contributed by atoms with Gasteiger partial charge >= 0.3 is 5.97 Å². The predicted octanol–water partition coefficient (Wildman–Crippen LogP) is -1.76. The van der Waals surface area contributed by atoms with Crippen LogP contribution in [0, 0.1) is 0 Å². The lowest BCUT2D eigenvalue weighted by Gasteiger charge is -2.01. The summed E-state index contributed by atoms with van der Waals surface area (Å²) in [7, 11) is 1.50. The minimum atomic E-state index is -1.11. The fourth-order valence-corrected chi connectivity index (χ4v) is 0.421. The Morgan fingerprint density at radius 2 is 1.83 bits per heavy atom. The van der Waals surface area contributed by atoms with Crippen molar-refractivity contribution in [3.05, 3.63) is 0 Å². The maximum absolute atomic E-state index is 10.1. The van der Waals surface area contributed by atoms with Gasteiger partial charge in [-0.25, -0.2) is 0 Å². The highest BCUT2D eigenvalue weighted by atomic mass is 16.4. The first-order valence-corrected chi connectivity index (χ1v) is 3.38. The van der Waals surface area contributed by atoms with Crippen molar-refractivity contribution >= 4 is 11.9 Å². The Hall–Kier alpha value is -1.14. The minimum absolute atomic E-state index is 0.0213. The quantitative estimate of drug-likeness (QED) is 0.403. The minimum Gasteiger partial charge on any atom is -0.480 e. The Bertz CT molecular complexity index is 149. The molecule has 0 bridgehead atoms. The van der Waals surface area contributed by atoms with Crippen molar-refractivity contribution in [3.8, 4) is 0 Å². The fraction of sp³-hybridized carbons (Fsp3) is 0.667. The molecule has 12 heavy (non-hydrogen) atoms. The van der Waals surface area contributed by atoms with Gasteiger partial charge < -0.3 is 22.3 Å². The van der Waals surface area contributed by atoms with Crippen LogP contribution in [0.3, 0.4) is 0 Å². The Morgan fingerprint density at radius 3 is 2.08 bits per heavy atom. The van der Waals surface area contributed by atoms with Gasteiger partial charge in [0.25, 0.3) is 0 Å². The van der Waals surface area contributed by atoms with Crippen LogP contribution in [0.1, 0.15) is 12.8 Å². The molecule has 1 atom stereocenters. The Labute approximate surface area is 70.7 Å². The second kappa shape index (κ2) is 7.96. The van der Waals surface area contributed by atoms with Crippen LogP contribution in [-0.2, 0) is 9.59 Å². The molecule has 0 rings (SSSR count). The molecule has 0 saturated carbocycles. The number of carbonyl (C=O) groups excluding carboxylic acids is 1. The number of hydrogen-bond donors (Lipinski definition) is 4. The van der Waals surface area contributed by atoms with E-state index in [1.807, 2.05) is 0 Å². The molecule has 0 aliphatic rings. The van der Waals surface area contributed by atoms with Crippen molar-refractivity contribution in [2.24, 2.45) is 17.2 Å². The maximum atomic E-state index is 10.1. The van der Waals surface area contributed by atoms with E-state index < -0.39 is 17.9 Å². The summed E-state index contributed by atoms with van der Waals surface area (Å²) in [6.07, 6.45) is 0.123. The van der Waals surface area contributed by atoms with E-state index in [9.17, 15) is 9.59 Å². The lowest BCUT2D eigenvalue weighted by molar-refractivity contribution is -0.138. The van der Waals surface area contributed by atoms with E-state index in [1.165, 1.54) is 7.05 Å². The second-order valence-electron chi connectivity index (χ2n) is 1.95. The number of nitrogens with two attached hydrogens (primary N) is 3. The van der Waals surface area contributed by atoms with Gasteiger partial charge in [0.05, 0.1) is 0 Å². The van der Waals surface area contributed by atoms with Gasteiger partial charge in [-0.3, -0.25) is 9.59 Å². The van der Waals surface area contributed by atoms with Crippen molar-refractivity contribution in [3.63, 3.8) is 0 Å². The summed E-state index contributed by atoms with van der Waals surface area (Å²) in [6, 6.07) is -0.979. The lowest BCUT2D eigenvalue weighted by atomic mass is 10.2.